The number of aliphatic carboxylic acids is 1. The quantitative estimate of drug-likeness (QED) is 0.272. The fraction of sp³-hybridized carbons (Fsp3) is 0.281. The highest BCUT2D eigenvalue weighted by Gasteiger charge is 2.24. The number of carbonyl (C=O) groups is 3. The number of benzene rings is 2. The normalized spacial score (nSPS) is 14.5. The van der Waals surface area contributed by atoms with E-state index in [1.807, 2.05) is 41.3 Å². The molecule has 2 fully saturated rings. The van der Waals surface area contributed by atoms with Crippen LogP contribution in [0.25, 0.3) is 0 Å². The molecule has 226 valence electrons. The smallest absolute Gasteiger partial charge is 0.306 e. The number of aromatic nitrogens is 2. The zero-order chi connectivity index (χ0) is 31.1. The monoisotopic (exact) mass is 630 g/mol. The number of hydrogen-bond acceptors (Lipinski definition) is 7. The minimum atomic E-state index is -0.619. The number of carbonyl (C=O) groups excluding carboxylic acids is 2. The standard InChI is InChI=1S/C27H23ClN6O2S.C5H8O2/c28-25-10-9-24(37-25)27(36)33-13-11-32(12-14-33)22-7-5-21(6-8-22)31-26(35)23-16-30-18-34(23)17-20-3-1-19(15-29)2-4-20;6-5(7)4-2-1-3-4/h1-10,16,18H,11-14,17H2,(H,31,35);4H,1-3H2,(H,6,7). The van der Waals surface area contributed by atoms with Gasteiger partial charge in [-0.1, -0.05) is 30.2 Å². The third-order valence-corrected chi connectivity index (χ3v) is 8.90. The van der Waals surface area contributed by atoms with Gasteiger partial charge >= 0.3 is 5.97 Å². The number of halogens is 1. The molecule has 2 aliphatic rings. The molecule has 2 N–H and O–H groups in total. The molecule has 1 saturated heterocycles. The van der Waals surface area contributed by atoms with Gasteiger partial charge in [-0.05, 0) is 66.9 Å². The Bertz CT molecular complexity index is 1650. The maximum Gasteiger partial charge on any atom is 0.306 e. The van der Waals surface area contributed by atoms with Crippen molar-refractivity contribution in [1.29, 1.82) is 5.26 Å². The van der Waals surface area contributed by atoms with Gasteiger partial charge in [-0.15, -0.1) is 11.3 Å². The summed E-state index contributed by atoms with van der Waals surface area (Å²) in [4.78, 5) is 44.4. The maximum absolute atomic E-state index is 12.9. The Balaban J connectivity index is 0.000000484. The summed E-state index contributed by atoms with van der Waals surface area (Å²) < 4.78 is 2.39. The highest BCUT2D eigenvalue weighted by atomic mass is 35.5. The van der Waals surface area contributed by atoms with Gasteiger partial charge in [0, 0.05) is 44.1 Å². The first-order chi connectivity index (χ1) is 21.3. The molecule has 10 nitrogen and oxygen atoms in total. The lowest BCUT2D eigenvalue weighted by Gasteiger charge is -2.36. The topological polar surface area (TPSA) is 132 Å². The van der Waals surface area contributed by atoms with Crippen molar-refractivity contribution in [3.05, 3.63) is 99.2 Å². The number of carboxylic acid groups (broad SMARTS) is 1. The zero-order valence-corrected chi connectivity index (χ0v) is 25.4. The number of hydrogen-bond donors (Lipinski definition) is 2. The van der Waals surface area contributed by atoms with Crippen LogP contribution in [0.1, 0.15) is 50.5 Å². The van der Waals surface area contributed by atoms with Crippen molar-refractivity contribution in [2.75, 3.05) is 36.4 Å². The molecule has 0 atom stereocenters. The molecule has 0 bridgehead atoms. The molecule has 44 heavy (non-hydrogen) atoms. The van der Waals surface area contributed by atoms with Crippen molar-refractivity contribution in [1.82, 2.24) is 14.5 Å². The summed E-state index contributed by atoms with van der Waals surface area (Å²) in [7, 11) is 0. The minimum absolute atomic E-state index is 0.000000000000000444. The van der Waals surface area contributed by atoms with Crippen molar-refractivity contribution < 1.29 is 19.5 Å². The predicted octanol–water partition coefficient (Wildman–Crippen LogP) is 5.60. The molecule has 2 aromatic heterocycles. The molecule has 6 rings (SSSR count). The van der Waals surface area contributed by atoms with E-state index in [1.54, 1.807) is 35.2 Å². The first-order valence-corrected chi connectivity index (χ1v) is 15.4. The Morgan fingerprint density at radius 2 is 1.70 bits per heavy atom. The number of imidazole rings is 1. The van der Waals surface area contributed by atoms with E-state index in [2.05, 4.69) is 21.3 Å². The predicted molar refractivity (Wildman–Crippen MR) is 169 cm³/mol. The van der Waals surface area contributed by atoms with E-state index in [0.29, 0.717) is 45.8 Å². The average molecular weight is 631 g/mol. The fourth-order valence-electron chi connectivity index (χ4n) is 4.88. The largest absolute Gasteiger partial charge is 0.481 e. The number of anilines is 2. The van der Waals surface area contributed by atoms with E-state index >= 15 is 0 Å². The summed E-state index contributed by atoms with van der Waals surface area (Å²) in [5.41, 5.74) is 3.73. The fourth-order valence-corrected chi connectivity index (χ4v) is 5.89. The lowest BCUT2D eigenvalue weighted by Crippen LogP contribution is -2.48. The molecule has 0 radical (unpaired) electrons. The molecule has 1 aliphatic carbocycles. The number of thiophene rings is 1. The molecular weight excluding hydrogens is 600 g/mol. The third kappa shape index (κ3) is 7.64. The van der Waals surface area contributed by atoms with Gasteiger partial charge in [-0.3, -0.25) is 14.4 Å². The Labute approximate surface area is 264 Å². The highest BCUT2D eigenvalue weighted by Crippen LogP contribution is 2.26. The van der Waals surface area contributed by atoms with Gasteiger partial charge in [0.05, 0.1) is 39.3 Å². The van der Waals surface area contributed by atoms with Gasteiger partial charge in [0.1, 0.15) is 5.69 Å². The van der Waals surface area contributed by atoms with Crippen molar-refractivity contribution in [3.8, 4) is 6.07 Å². The summed E-state index contributed by atoms with van der Waals surface area (Å²) in [6.07, 6.45) is 6.06. The molecule has 2 amide bonds. The second-order valence-electron chi connectivity index (χ2n) is 10.6. The summed E-state index contributed by atoms with van der Waals surface area (Å²) in [6.45, 7) is 3.20. The number of rotatable bonds is 7. The first kappa shape index (κ1) is 30.8. The van der Waals surface area contributed by atoms with E-state index in [1.165, 1.54) is 17.5 Å². The van der Waals surface area contributed by atoms with Crippen molar-refractivity contribution >= 4 is 52.1 Å². The summed E-state index contributed by atoms with van der Waals surface area (Å²) in [5.74, 6) is -0.848. The molecule has 0 spiro atoms. The Hall–Kier alpha value is -4.66. The highest BCUT2D eigenvalue weighted by molar-refractivity contribution is 7.17. The van der Waals surface area contributed by atoms with Crippen LogP contribution in [0.4, 0.5) is 11.4 Å². The van der Waals surface area contributed by atoms with E-state index in [0.717, 1.165) is 43.6 Å². The van der Waals surface area contributed by atoms with Crippen LogP contribution in [-0.2, 0) is 11.3 Å². The van der Waals surface area contributed by atoms with E-state index < -0.39 is 5.97 Å². The van der Waals surface area contributed by atoms with Crippen LogP contribution in [0.15, 0.2) is 73.2 Å². The zero-order valence-electron chi connectivity index (χ0n) is 23.9. The summed E-state index contributed by atoms with van der Waals surface area (Å²) in [5, 5.41) is 20.1. The first-order valence-electron chi connectivity index (χ1n) is 14.2. The second-order valence-corrected chi connectivity index (χ2v) is 12.3. The van der Waals surface area contributed by atoms with Crippen molar-refractivity contribution in [2.24, 2.45) is 5.92 Å². The van der Waals surface area contributed by atoms with Gasteiger partial charge in [-0.25, -0.2) is 4.98 Å². The second kappa shape index (κ2) is 14.2. The Morgan fingerprint density at radius 1 is 1.00 bits per heavy atom. The number of nitrogens with zero attached hydrogens (tertiary/aromatic N) is 5. The van der Waals surface area contributed by atoms with E-state index in [9.17, 15) is 14.4 Å². The van der Waals surface area contributed by atoms with Gasteiger partial charge in [-0.2, -0.15) is 5.26 Å². The number of nitrogens with one attached hydrogen (secondary N) is 1. The average Bonchev–Trinajstić information content (AvgIpc) is 3.66. The number of piperazine rings is 1. The third-order valence-electron chi connectivity index (χ3n) is 7.68. The van der Waals surface area contributed by atoms with Crippen LogP contribution in [0.3, 0.4) is 0 Å². The molecule has 4 aromatic rings. The van der Waals surface area contributed by atoms with Crippen molar-refractivity contribution in [3.63, 3.8) is 0 Å². The molecule has 3 heterocycles. The Kier molecular flexibility index (Phi) is 9.94. The molecule has 0 unspecified atom stereocenters. The maximum atomic E-state index is 12.9. The minimum Gasteiger partial charge on any atom is -0.481 e. The lowest BCUT2D eigenvalue weighted by molar-refractivity contribution is -0.144. The molecule has 1 saturated carbocycles. The van der Waals surface area contributed by atoms with Crippen molar-refractivity contribution in [2.45, 2.75) is 25.8 Å². The van der Waals surface area contributed by atoms with Crippen LogP contribution in [0.2, 0.25) is 4.34 Å². The summed E-state index contributed by atoms with van der Waals surface area (Å²) in [6, 6.07) is 20.6. The van der Waals surface area contributed by atoms with Crippen LogP contribution in [0, 0.1) is 17.2 Å². The van der Waals surface area contributed by atoms with Crippen LogP contribution >= 0.6 is 22.9 Å². The molecule has 2 aromatic carbocycles. The van der Waals surface area contributed by atoms with E-state index in [-0.39, 0.29) is 17.7 Å². The molecular formula is C32H31ClN6O4S. The number of nitriles is 1. The Morgan fingerprint density at radius 3 is 2.25 bits per heavy atom. The van der Waals surface area contributed by atoms with Gasteiger partial charge < -0.3 is 24.8 Å². The van der Waals surface area contributed by atoms with Crippen LogP contribution < -0.4 is 10.2 Å². The molecule has 1 aliphatic heterocycles. The van der Waals surface area contributed by atoms with Gasteiger partial charge in [0.2, 0.25) is 0 Å². The van der Waals surface area contributed by atoms with Crippen LogP contribution in [-0.4, -0.2) is 63.5 Å². The number of amides is 2. The molecule has 12 heteroatoms. The number of carboxylic acids is 1. The van der Waals surface area contributed by atoms with Gasteiger partial charge in [0.25, 0.3) is 11.8 Å². The van der Waals surface area contributed by atoms with E-state index in [4.69, 9.17) is 22.0 Å². The summed E-state index contributed by atoms with van der Waals surface area (Å²) >= 11 is 7.27. The SMILES string of the molecule is N#Cc1ccc(Cn2cncc2C(=O)Nc2ccc(N3CCN(C(=O)c4ccc(Cl)s4)CC3)cc2)cc1.O=C(O)C1CCC1. The van der Waals surface area contributed by atoms with Gasteiger partial charge in [0.15, 0.2) is 0 Å². The van der Waals surface area contributed by atoms with Crippen LogP contribution in [0.5, 0.6) is 0 Å². The lowest BCUT2D eigenvalue weighted by atomic mass is 9.86.